The van der Waals surface area contributed by atoms with Crippen molar-refractivity contribution in [3.05, 3.63) is 35.4 Å². The third-order valence-electron chi connectivity index (χ3n) is 2.20. The summed E-state index contributed by atoms with van der Waals surface area (Å²) in [4.78, 5) is 13.2. The molecule has 13 heavy (non-hydrogen) atoms. The Balaban J connectivity index is 2.67. The number of benzene rings is 1. The Morgan fingerprint density at radius 3 is 2.77 bits per heavy atom. The van der Waals surface area contributed by atoms with Crippen LogP contribution in [-0.4, -0.2) is 13.0 Å². The molecular formula is C10H8ClNO. The molecule has 0 N–H and O–H groups in total. The molecule has 3 heteroatoms. The molecule has 0 spiro atoms. The van der Waals surface area contributed by atoms with Crippen molar-refractivity contribution < 1.29 is 4.79 Å². The number of fused-ring (bicyclic) bond motifs is 1. The molecule has 0 aromatic heterocycles. The minimum atomic E-state index is -0.0452. The van der Waals surface area contributed by atoms with E-state index < -0.39 is 0 Å². The molecule has 1 aromatic rings. The second kappa shape index (κ2) is 2.89. The van der Waals surface area contributed by atoms with Crippen LogP contribution in [0.25, 0.3) is 5.57 Å². The maximum absolute atomic E-state index is 11.6. The van der Waals surface area contributed by atoms with E-state index in [1.165, 1.54) is 5.54 Å². The summed E-state index contributed by atoms with van der Waals surface area (Å²) in [5, 5.41) is 0. The quantitative estimate of drug-likeness (QED) is 0.579. The molecular weight excluding hydrogens is 186 g/mol. The number of hydrogen-bond acceptors (Lipinski definition) is 1. The van der Waals surface area contributed by atoms with Crippen LogP contribution in [0.15, 0.2) is 29.8 Å². The van der Waals surface area contributed by atoms with Gasteiger partial charge in [-0.1, -0.05) is 29.8 Å². The molecule has 66 valence electrons. The van der Waals surface area contributed by atoms with Crippen LogP contribution < -0.4 is 4.90 Å². The first-order valence-corrected chi connectivity index (χ1v) is 4.37. The highest BCUT2D eigenvalue weighted by atomic mass is 35.5. The van der Waals surface area contributed by atoms with E-state index >= 15 is 0 Å². The Kier molecular flexibility index (Phi) is 1.85. The van der Waals surface area contributed by atoms with Gasteiger partial charge in [-0.2, -0.15) is 0 Å². The monoisotopic (exact) mass is 193 g/mol. The largest absolute Gasteiger partial charge is 0.311 e. The van der Waals surface area contributed by atoms with E-state index in [1.54, 1.807) is 11.9 Å². The number of nitrogens with zero attached hydrogens (tertiary/aromatic N) is 1. The minimum absolute atomic E-state index is 0.0452. The topological polar surface area (TPSA) is 20.3 Å². The van der Waals surface area contributed by atoms with E-state index in [-0.39, 0.29) is 5.91 Å². The maximum Gasteiger partial charge on any atom is 0.259 e. The van der Waals surface area contributed by atoms with Crippen molar-refractivity contribution in [3.8, 4) is 0 Å². The van der Waals surface area contributed by atoms with Crippen LogP contribution in [0, 0.1) is 0 Å². The number of carbonyl (C=O) groups excluding carboxylic acids is 1. The minimum Gasteiger partial charge on any atom is -0.311 e. The maximum atomic E-state index is 11.6. The van der Waals surface area contributed by atoms with Gasteiger partial charge in [0.2, 0.25) is 0 Å². The van der Waals surface area contributed by atoms with Crippen molar-refractivity contribution in [1.29, 1.82) is 0 Å². The lowest BCUT2D eigenvalue weighted by Gasteiger charge is -2.07. The van der Waals surface area contributed by atoms with Gasteiger partial charge in [0, 0.05) is 18.1 Å². The molecule has 2 rings (SSSR count). The van der Waals surface area contributed by atoms with E-state index in [2.05, 4.69) is 0 Å². The second-order valence-electron chi connectivity index (χ2n) is 2.90. The molecule has 1 heterocycles. The van der Waals surface area contributed by atoms with Crippen molar-refractivity contribution in [2.75, 3.05) is 11.9 Å². The number of rotatable bonds is 0. The summed E-state index contributed by atoms with van der Waals surface area (Å²) in [7, 11) is 1.74. The first-order valence-electron chi connectivity index (χ1n) is 3.93. The summed E-state index contributed by atoms with van der Waals surface area (Å²) in [6.45, 7) is 0. The predicted octanol–water partition coefficient (Wildman–Crippen LogP) is 2.24. The van der Waals surface area contributed by atoms with Gasteiger partial charge in [0.05, 0.1) is 11.3 Å². The number of para-hydroxylation sites is 1. The highest BCUT2D eigenvalue weighted by molar-refractivity contribution is 6.40. The van der Waals surface area contributed by atoms with E-state index in [9.17, 15) is 4.79 Å². The Bertz CT molecular complexity index is 398. The SMILES string of the molecule is CN1C(=O)C(=CCl)c2ccccc21. The van der Waals surface area contributed by atoms with E-state index in [4.69, 9.17) is 11.6 Å². The molecule has 0 radical (unpaired) electrons. The van der Waals surface area contributed by atoms with Crippen molar-refractivity contribution in [1.82, 2.24) is 0 Å². The number of likely N-dealkylation sites (N-methyl/N-ethyl adjacent to an activating group) is 1. The highest BCUT2D eigenvalue weighted by Crippen LogP contribution is 2.35. The fourth-order valence-corrected chi connectivity index (χ4v) is 1.72. The third-order valence-corrected chi connectivity index (χ3v) is 2.42. The molecule has 1 aliphatic rings. The Morgan fingerprint density at radius 1 is 1.38 bits per heavy atom. The van der Waals surface area contributed by atoms with Crippen LogP contribution in [0.4, 0.5) is 5.69 Å². The normalized spacial score (nSPS) is 18.2. The number of hydrogen-bond donors (Lipinski definition) is 0. The molecule has 0 saturated heterocycles. The number of carbonyl (C=O) groups is 1. The number of halogens is 1. The molecule has 2 nitrogen and oxygen atoms in total. The molecule has 0 unspecified atom stereocenters. The van der Waals surface area contributed by atoms with Gasteiger partial charge in [-0.15, -0.1) is 0 Å². The van der Waals surface area contributed by atoms with Crippen LogP contribution in [0.5, 0.6) is 0 Å². The Morgan fingerprint density at radius 2 is 2.08 bits per heavy atom. The average Bonchev–Trinajstić information content (AvgIpc) is 2.41. The molecule has 0 fully saturated rings. The van der Waals surface area contributed by atoms with Gasteiger partial charge in [0.1, 0.15) is 0 Å². The molecule has 1 amide bonds. The van der Waals surface area contributed by atoms with Crippen molar-refractivity contribution >= 4 is 28.8 Å². The summed E-state index contributed by atoms with van der Waals surface area (Å²) in [6.07, 6.45) is 0. The summed E-state index contributed by atoms with van der Waals surface area (Å²) in [5.74, 6) is -0.0452. The highest BCUT2D eigenvalue weighted by Gasteiger charge is 2.28. The van der Waals surface area contributed by atoms with Crippen molar-refractivity contribution in [3.63, 3.8) is 0 Å². The average molecular weight is 194 g/mol. The van der Waals surface area contributed by atoms with Gasteiger partial charge in [0.25, 0.3) is 5.91 Å². The van der Waals surface area contributed by atoms with Gasteiger partial charge in [0.15, 0.2) is 0 Å². The summed E-state index contributed by atoms with van der Waals surface area (Å²) >= 11 is 5.59. The lowest BCUT2D eigenvalue weighted by atomic mass is 10.1. The van der Waals surface area contributed by atoms with Crippen LogP contribution in [-0.2, 0) is 4.79 Å². The third kappa shape index (κ3) is 1.06. The molecule has 0 atom stereocenters. The van der Waals surface area contributed by atoms with E-state index in [0.29, 0.717) is 5.57 Å². The lowest BCUT2D eigenvalue weighted by Crippen LogP contribution is -2.20. The van der Waals surface area contributed by atoms with Crippen LogP contribution >= 0.6 is 11.6 Å². The van der Waals surface area contributed by atoms with E-state index in [1.807, 2.05) is 24.3 Å². The zero-order valence-corrected chi connectivity index (χ0v) is 7.88. The van der Waals surface area contributed by atoms with Crippen molar-refractivity contribution in [2.24, 2.45) is 0 Å². The van der Waals surface area contributed by atoms with Crippen molar-refractivity contribution in [2.45, 2.75) is 0 Å². The van der Waals surface area contributed by atoms with Gasteiger partial charge in [-0.3, -0.25) is 4.79 Å². The lowest BCUT2D eigenvalue weighted by molar-refractivity contribution is -0.112. The molecule has 1 aromatic carbocycles. The fraction of sp³-hybridized carbons (Fsp3) is 0.100. The molecule has 0 saturated carbocycles. The van der Waals surface area contributed by atoms with E-state index in [0.717, 1.165) is 11.3 Å². The Labute approximate surface area is 81.4 Å². The molecule has 0 bridgehead atoms. The summed E-state index contributed by atoms with van der Waals surface area (Å²) in [5.41, 5.74) is 3.73. The smallest absolute Gasteiger partial charge is 0.259 e. The molecule has 1 aliphatic heterocycles. The predicted molar refractivity (Wildman–Crippen MR) is 53.7 cm³/mol. The van der Waals surface area contributed by atoms with Gasteiger partial charge in [-0.25, -0.2) is 0 Å². The van der Waals surface area contributed by atoms with Crippen LogP contribution in [0.2, 0.25) is 0 Å². The first kappa shape index (κ1) is 8.32. The zero-order chi connectivity index (χ0) is 9.42. The van der Waals surface area contributed by atoms with Gasteiger partial charge in [-0.05, 0) is 6.07 Å². The fourth-order valence-electron chi connectivity index (χ4n) is 1.50. The molecule has 0 aliphatic carbocycles. The van der Waals surface area contributed by atoms with Gasteiger partial charge >= 0.3 is 0 Å². The Hall–Kier alpha value is -1.28. The zero-order valence-electron chi connectivity index (χ0n) is 7.12. The van der Waals surface area contributed by atoms with Crippen LogP contribution in [0.1, 0.15) is 5.56 Å². The number of amides is 1. The summed E-state index contributed by atoms with van der Waals surface area (Å²) in [6, 6.07) is 7.59. The second-order valence-corrected chi connectivity index (χ2v) is 3.12. The standard InChI is InChI=1S/C10H8ClNO/c1-12-9-5-3-2-4-7(9)8(6-11)10(12)13/h2-6H,1H3. The van der Waals surface area contributed by atoms with Gasteiger partial charge < -0.3 is 4.90 Å². The van der Waals surface area contributed by atoms with Crippen LogP contribution in [0.3, 0.4) is 0 Å². The first-order chi connectivity index (χ1) is 6.25. The summed E-state index contributed by atoms with van der Waals surface area (Å²) < 4.78 is 0. The number of anilines is 1.